The number of amides is 1. The predicted octanol–water partition coefficient (Wildman–Crippen LogP) is 3.96. The number of hydrogen-bond donors (Lipinski definition) is 2. The molecule has 2 aliphatic carbocycles. The fourth-order valence-corrected chi connectivity index (χ4v) is 3.21. The van der Waals surface area contributed by atoms with Crippen molar-refractivity contribution in [3.05, 3.63) is 29.8 Å². The molecule has 3 rings (SSSR count). The zero-order valence-electron chi connectivity index (χ0n) is 13.1. The Morgan fingerprint density at radius 2 is 2.00 bits per heavy atom. The summed E-state index contributed by atoms with van der Waals surface area (Å²) in [4.78, 5) is 12.1. The molecule has 1 amide bonds. The van der Waals surface area contributed by atoms with Gasteiger partial charge in [-0.2, -0.15) is 0 Å². The molecule has 21 heavy (non-hydrogen) atoms. The first-order chi connectivity index (χ1) is 10.0. The maximum atomic E-state index is 12.1. The molecule has 0 bridgehead atoms. The van der Waals surface area contributed by atoms with E-state index in [-0.39, 0.29) is 5.91 Å². The highest BCUT2D eigenvalue weighted by Crippen LogP contribution is 2.37. The van der Waals surface area contributed by atoms with E-state index in [2.05, 4.69) is 30.5 Å². The van der Waals surface area contributed by atoms with Gasteiger partial charge in [-0.1, -0.05) is 32.8 Å². The van der Waals surface area contributed by atoms with Gasteiger partial charge in [-0.15, -0.1) is 0 Å². The second-order valence-corrected chi connectivity index (χ2v) is 7.26. The number of nitrogens with one attached hydrogen (secondary N) is 2. The minimum Gasteiger partial charge on any atom is -0.382 e. The lowest BCUT2D eigenvalue weighted by Crippen LogP contribution is -2.39. The molecule has 2 aliphatic rings. The molecule has 1 aromatic rings. The molecule has 1 aromatic carbocycles. The van der Waals surface area contributed by atoms with Gasteiger partial charge in [0.05, 0.1) is 0 Å². The van der Waals surface area contributed by atoms with Crippen LogP contribution < -0.4 is 10.6 Å². The minimum atomic E-state index is 0.0593. The first-order valence-electron chi connectivity index (χ1n) is 8.22. The fourth-order valence-electron chi connectivity index (χ4n) is 3.21. The van der Waals surface area contributed by atoms with Crippen molar-refractivity contribution in [1.29, 1.82) is 0 Å². The van der Waals surface area contributed by atoms with Crippen molar-refractivity contribution in [3.63, 3.8) is 0 Å². The molecule has 114 valence electrons. The number of carbonyl (C=O) groups is 1. The van der Waals surface area contributed by atoms with Crippen LogP contribution in [0.4, 0.5) is 5.69 Å². The van der Waals surface area contributed by atoms with Crippen LogP contribution in [-0.4, -0.2) is 18.0 Å². The molecule has 1 unspecified atom stereocenters. The summed E-state index contributed by atoms with van der Waals surface area (Å²) in [6.07, 6.45) is 7.36. The Kier molecular flexibility index (Phi) is 3.92. The van der Waals surface area contributed by atoms with Crippen molar-refractivity contribution in [2.75, 3.05) is 5.32 Å². The number of hydrogen-bond acceptors (Lipinski definition) is 2. The van der Waals surface area contributed by atoms with E-state index in [1.807, 2.05) is 18.2 Å². The first kappa shape index (κ1) is 14.4. The number of anilines is 1. The van der Waals surface area contributed by atoms with Crippen LogP contribution >= 0.6 is 0 Å². The van der Waals surface area contributed by atoms with Gasteiger partial charge in [0.1, 0.15) is 0 Å². The molecule has 0 heterocycles. The molecule has 2 N–H and O–H groups in total. The molecule has 0 spiro atoms. The van der Waals surface area contributed by atoms with Crippen LogP contribution in [0.1, 0.15) is 62.7 Å². The standard InChI is InChI=1S/C18H26N2O/c1-18(2)11-4-3-8-16(18)19-15-7-5-6-13(12-15)17(21)20-14-9-10-14/h5-7,12,14,16,19H,3-4,8-11H2,1-2H3,(H,20,21). The van der Waals surface area contributed by atoms with Gasteiger partial charge in [-0.3, -0.25) is 4.79 Å². The highest BCUT2D eigenvalue weighted by atomic mass is 16.1. The third-order valence-electron chi connectivity index (χ3n) is 4.89. The Labute approximate surface area is 127 Å². The van der Waals surface area contributed by atoms with Gasteiger partial charge in [0.2, 0.25) is 0 Å². The van der Waals surface area contributed by atoms with Crippen LogP contribution in [0, 0.1) is 5.41 Å². The fraction of sp³-hybridized carbons (Fsp3) is 0.611. The Balaban J connectivity index is 1.68. The van der Waals surface area contributed by atoms with Gasteiger partial charge in [-0.05, 0) is 49.3 Å². The third-order valence-corrected chi connectivity index (χ3v) is 4.89. The van der Waals surface area contributed by atoms with E-state index < -0.39 is 0 Å². The maximum absolute atomic E-state index is 12.1. The Bertz CT molecular complexity index is 520. The Morgan fingerprint density at radius 3 is 2.71 bits per heavy atom. The van der Waals surface area contributed by atoms with E-state index >= 15 is 0 Å². The highest BCUT2D eigenvalue weighted by Gasteiger charge is 2.32. The molecular weight excluding hydrogens is 260 g/mol. The number of carbonyl (C=O) groups excluding carboxylic acids is 1. The normalized spacial score (nSPS) is 24.4. The second-order valence-electron chi connectivity index (χ2n) is 7.26. The van der Waals surface area contributed by atoms with Gasteiger partial charge >= 0.3 is 0 Å². The second kappa shape index (κ2) is 5.70. The SMILES string of the molecule is CC1(C)CCCCC1Nc1cccc(C(=O)NC2CC2)c1. The largest absolute Gasteiger partial charge is 0.382 e. The van der Waals surface area contributed by atoms with Gasteiger partial charge in [0.15, 0.2) is 0 Å². The Morgan fingerprint density at radius 1 is 1.19 bits per heavy atom. The molecule has 3 nitrogen and oxygen atoms in total. The molecule has 0 saturated heterocycles. The molecule has 2 fully saturated rings. The molecule has 1 atom stereocenters. The van der Waals surface area contributed by atoms with E-state index in [1.165, 1.54) is 25.7 Å². The van der Waals surface area contributed by atoms with Crippen LogP contribution in [-0.2, 0) is 0 Å². The van der Waals surface area contributed by atoms with Crippen molar-refractivity contribution >= 4 is 11.6 Å². The topological polar surface area (TPSA) is 41.1 Å². The summed E-state index contributed by atoms with van der Waals surface area (Å²) in [5.74, 6) is 0.0593. The molecule has 0 aliphatic heterocycles. The van der Waals surface area contributed by atoms with Crippen LogP contribution in [0.2, 0.25) is 0 Å². The molecule has 3 heteroatoms. The van der Waals surface area contributed by atoms with Crippen molar-refractivity contribution in [2.45, 2.75) is 64.5 Å². The highest BCUT2D eigenvalue weighted by molar-refractivity contribution is 5.95. The minimum absolute atomic E-state index is 0.0593. The molecular formula is C18H26N2O. The lowest BCUT2D eigenvalue weighted by atomic mass is 9.73. The van der Waals surface area contributed by atoms with E-state index in [0.29, 0.717) is 17.5 Å². The zero-order chi connectivity index (χ0) is 14.9. The van der Waals surface area contributed by atoms with Crippen molar-refractivity contribution in [3.8, 4) is 0 Å². The van der Waals surface area contributed by atoms with E-state index in [1.54, 1.807) is 0 Å². The van der Waals surface area contributed by atoms with Gasteiger partial charge in [0, 0.05) is 23.3 Å². The quantitative estimate of drug-likeness (QED) is 0.879. The van der Waals surface area contributed by atoms with Crippen molar-refractivity contribution < 1.29 is 4.79 Å². The van der Waals surface area contributed by atoms with Crippen molar-refractivity contribution in [2.24, 2.45) is 5.41 Å². The summed E-state index contributed by atoms with van der Waals surface area (Å²) in [7, 11) is 0. The van der Waals surface area contributed by atoms with E-state index in [0.717, 1.165) is 24.1 Å². The van der Waals surface area contributed by atoms with Gasteiger partial charge in [0.25, 0.3) is 5.91 Å². The van der Waals surface area contributed by atoms with E-state index in [4.69, 9.17) is 0 Å². The van der Waals surface area contributed by atoms with Gasteiger partial charge < -0.3 is 10.6 Å². The monoisotopic (exact) mass is 286 g/mol. The smallest absolute Gasteiger partial charge is 0.251 e. The summed E-state index contributed by atoms with van der Waals surface area (Å²) in [6.45, 7) is 4.68. The summed E-state index contributed by atoms with van der Waals surface area (Å²) < 4.78 is 0. The lowest BCUT2D eigenvalue weighted by Gasteiger charge is -2.39. The molecule has 2 saturated carbocycles. The van der Waals surface area contributed by atoms with Gasteiger partial charge in [-0.25, -0.2) is 0 Å². The summed E-state index contributed by atoms with van der Waals surface area (Å²) in [6, 6.07) is 8.83. The summed E-state index contributed by atoms with van der Waals surface area (Å²) in [5, 5.41) is 6.71. The predicted molar refractivity (Wildman–Crippen MR) is 86.6 cm³/mol. The third kappa shape index (κ3) is 3.58. The number of benzene rings is 1. The van der Waals surface area contributed by atoms with Crippen LogP contribution in [0.15, 0.2) is 24.3 Å². The Hall–Kier alpha value is -1.51. The average molecular weight is 286 g/mol. The van der Waals surface area contributed by atoms with Crippen LogP contribution in [0.3, 0.4) is 0 Å². The molecule has 0 radical (unpaired) electrons. The van der Waals surface area contributed by atoms with Crippen LogP contribution in [0.5, 0.6) is 0 Å². The summed E-state index contributed by atoms with van der Waals surface area (Å²) in [5.41, 5.74) is 2.16. The summed E-state index contributed by atoms with van der Waals surface area (Å²) >= 11 is 0. The number of rotatable bonds is 4. The van der Waals surface area contributed by atoms with Crippen molar-refractivity contribution in [1.82, 2.24) is 5.32 Å². The lowest BCUT2D eigenvalue weighted by molar-refractivity contribution is 0.0951. The zero-order valence-corrected chi connectivity index (χ0v) is 13.1. The van der Waals surface area contributed by atoms with Crippen LogP contribution in [0.25, 0.3) is 0 Å². The average Bonchev–Trinajstić information content (AvgIpc) is 3.25. The maximum Gasteiger partial charge on any atom is 0.251 e. The molecule has 0 aromatic heterocycles. The first-order valence-corrected chi connectivity index (χ1v) is 8.22. The van der Waals surface area contributed by atoms with E-state index in [9.17, 15) is 4.79 Å².